The van der Waals surface area contributed by atoms with Crippen LogP contribution >= 0.6 is 11.3 Å². The van der Waals surface area contributed by atoms with E-state index in [1.165, 1.54) is 15.8 Å². The smallest absolute Gasteiger partial charge is 0.350 e. The molecule has 0 aliphatic carbocycles. The Hall–Kier alpha value is -1.45. The molecule has 0 saturated carbocycles. The van der Waals surface area contributed by atoms with Crippen LogP contribution in [0.3, 0.4) is 0 Å². The second kappa shape index (κ2) is 5.90. The topological polar surface area (TPSA) is 107 Å². The zero-order valence-electron chi connectivity index (χ0n) is 10.6. The van der Waals surface area contributed by atoms with Gasteiger partial charge in [-0.25, -0.2) is 13.2 Å². The van der Waals surface area contributed by atoms with Crippen molar-refractivity contribution in [1.29, 1.82) is 0 Å². The first-order chi connectivity index (χ1) is 9.43. The Morgan fingerprint density at radius 1 is 1.35 bits per heavy atom. The summed E-state index contributed by atoms with van der Waals surface area (Å²) in [5.41, 5.74) is 4.88. The molecule has 110 valence electrons. The van der Waals surface area contributed by atoms with Gasteiger partial charge >= 0.3 is 5.97 Å². The molecule has 0 atom stereocenters. The Kier molecular flexibility index (Phi) is 4.41. The molecule has 1 aliphatic heterocycles. The van der Waals surface area contributed by atoms with E-state index in [0.717, 1.165) is 24.2 Å². The highest BCUT2D eigenvalue weighted by Gasteiger charge is 2.32. The fourth-order valence-corrected chi connectivity index (χ4v) is 4.72. The first-order valence-corrected chi connectivity index (χ1v) is 8.28. The number of sulfonamides is 1. The van der Waals surface area contributed by atoms with Gasteiger partial charge in [0.1, 0.15) is 9.77 Å². The largest absolute Gasteiger partial charge is 0.451 e. The summed E-state index contributed by atoms with van der Waals surface area (Å²) in [6.07, 6.45) is 1.62. The van der Waals surface area contributed by atoms with Crippen LogP contribution in [0.2, 0.25) is 0 Å². The van der Waals surface area contributed by atoms with Gasteiger partial charge in [0.05, 0.1) is 0 Å². The van der Waals surface area contributed by atoms with Gasteiger partial charge in [0.2, 0.25) is 10.0 Å². The normalized spacial score (nSPS) is 16.2. The number of nitrogens with two attached hydrogens (primary N) is 1. The van der Waals surface area contributed by atoms with Crippen LogP contribution in [-0.2, 0) is 19.6 Å². The summed E-state index contributed by atoms with van der Waals surface area (Å²) in [5.74, 6) is -1.64. The average Bonchev–Trinajstić information content (AvgIpc) is 3.06. The van der Waals surface area contributed by atoms with Crippen LogP contribution in [0.5, 0.6) is 0 Å². The molecule has 1 aliphatic rings. The Morgan fingerprint density at radius 2 is 2.00 bits per heavy atom. The predicted octanol–water partition coefficient (Wildman–Crippen LogP) is 0.175. The lowest BCUT2D eigenvalue weighted by molar-refractivity contribution is -0.121. The number of esters is 1. The summed E-state index contributed by atoms with van der Waals surface area (Å²) < 4.78 is 30.8. The van der Waals surface area contributed by atoms with Crippen LogP contribution in [-0.4, -0.2) is 44.3 Å². The highest BCUT2D eigenvalue weighted by atomic mass is 32.2. The van der Waals surface area contributed by atoms with Crippen molar-refractivity contribution in [2.45, 2.75) is 17.7 Å². The summed E-state index contributed by atoms with van der Waals surface area (Å²) in [6.45, 7) is 0.335. The molecule has 0 unspecified atom stereocenters. The van der Waals surface area contributed by atoms with Crippen LogP contribution in [0.15, 0.2) is 16.3 Å². The standard InChI is InChI=1S/C11H14N2O5S2/c12-9(14)7-18-11(15)10-8(3-6-19-10)20(16,17)13-4-1-2-5-13/h3,6H,1-2,4-5,7H2,(H2,12,14). The monoisotopic (exact) mass is 318 g/mol. The van der Waals surface area contributed by atoms with Crippen molar-refractivity contribution in [3.8, 4) is 0 Å². The summed E-state index contributed by atoms with van der Waals surface area (Å²) >= 11 is 0.962. The fraction of sp³-hybridized carbons (Fsp3) is 0.455. The lowest BCUT2D eigenvalue weighted by Gasteiger charge is -2.15. The predicted molar refractivity (Wildman–Crippen MR) is 71.8 cm³/mol. The first kappa shape index (κ1) is 14.9. The molecule has 1 fully saturated rings. The van der Waals surface area contributed by atoms with Gasteiger partial charge in [0, 0.05) is 13.1 Å². The van der Waals surface area contributed by atoms with Crippen molar-refractivity contribution < 1.29 is 22.7 Å². The van der Waals surface area contributed by atoms with Gasteiger partial charge in [-0.05, 0) is 24.3 Å². The number of hydrogen-bond acceptors (Lipinski definition) is 6. The van der Waals surface area contributed by atoms with E-state index in [1.54, 1.807) is 0 Å². The molecule has 20 heavy (non-hydrogen) atoms. The van der Waals surface area contributed by atoms with Gasteiger partial charge < -0.3 is 10.5 Å². The number of carbonyl (C=O) groups is 2. The molecule has 0 aromatic carbocycles. The Bertz CT molecular complexity index is 617. The van der Waals surface area contributed by atoms with E-state index in [0.29, 0.717) is 13.1 Å². The van der Waals surface area contributed by atoms with E-state index in [2.05, 4.69) is 4.74 Å². The summed E-state index contributed by atoms with van der Waals surface area (Å²) in [5, 5.41) is 1.50. The molecule has 1 saturated heterocycles. The molecule has 2 heterocycles. The van der Waals surface area contributed by atoms with E-state index < -0.39 is 28.5 Å². The molecular formula is C11H14N2O5S2. The molecular weight excluding hydrogens is 304 g/mol. The minimum Gasteiger partial charge on any atom is -0.451 e. The quantitative estimate of drug-likeness (QED) is 0.779. The lowest BCUT2D eigenvalue weighted by atomic mass is 10.4. The van der Waals surface area contributed by atoms with E-state index in [4.69, 9.17) is 5.73 Å². The minimum atomic E-state index is -3.68. The van der Waals surface area contributed by atoms with Crippen LogP contribution in [0.1, 0.15) is 22.5 Å². The number of ether oxygens (including phenoxy) is 1. The van der Waals surface area contributed by atoms with Gasteiger partial charge in [0.25, 0.3) is 5.91 Å². The van der Waals surface area contributed by atoms with E-state index in [9.17, 15) is 18.0 Å². The van der Waals surface area contributed by atoms with Crippen LogP contribution in [0, 0.1) is 0 Å². The summed E-state index contributed by atoms with van der Waals surface area (Å²) in [6, 6.07) is 1.37. The molecule has 0 bridgehead atoms. The highest BCUT2D eigenvalue weighted by Crippen LogP contribution is 2.28. The second-order valence-electron chi connectivity index (χ2n) is 4.27. The number of carbonyl (C=O) groups excluding carboxylic acids is 2. The van der Waals surface area contributed by atoms with Gasteiger partial charge in [-0.2, -0.15) is 4.31 Å². The third-order valence-corrected chi connectivity index (χ3v) is 5.81. The molecule has 1 amide bonds. The maximum Gasteiger partial charge on any atom is 0.350 e. The SMILES string of the molecule is NC(=O)COC(=O)c1sccc1S(=O)(=O)N1CCCC1. The number of amides is 1. The van der Waals surface area contributed by atoms with Crippen molar-refractivity contribution in [2.24, 2.45) is 5.73 Å². The molecule has 2 N–H and O–H groups in total. The Morgan fingerprint density at radius 3 is 2.60 bits per heavy atom. The third kappa shape index (κ3) is 3.00. The average molecular weight is 318 g/mol. The van der Waals surface area contributed by atoms with E-state index in [1.807, 2.05) is 0 Å². The van der Waals surface area contributed by atoms with Gasteiger partial charge in [0.15, 0.2) is 6.61 Å². The maximum absolute atomic E-state index is 12.4. The fourth-order valence-electron chi connectivity index (χ4n) is 1.92. The first-order valence-electron chi connectivity index (χ1n) is 5.96. The number of nitrogens with zero attached hydrogens (tertiary/aromatic N) is 1. The summed E-state index contributed by atoms with van der Waals surface area (Å²) in [7, 11) is -3.68. The van der Waals surface area contributed by atoms with Gasteiger partial charge in [-0.15, -0.1) is 11.3 Å². The van der Waals surface area contributed by atoms with Crippen molar-refractivity contribution in [3.05, 3.63) is 16.3 Å². The summed E-state index contributed by atoms with van der Waals surface area (Å²) in [4.78, 5) is 22.3. The van der Waals surface area contributed by atoms with E-state index in [-0.39, 0.29) is 9.77 Å². The molecule has 1 aromatic rings. The van der Waals surface area contributed by atoms with Crippen LogP contribution in [0.4, 0.5) is 0 Å². The van der Waals surface area contributed by atoms with Crippen molar-refractivity contribution >= 4 is 33.2 Å². The Labute approximate surface area is 120 Å². The number of thiophene rings is 1. The number of rotatable bonds is 5. The molecule has 2 rings (SSSR count). The van der Waals surface area contributed by atoms with Crippen LogP contribution in [0.25, 0.3) is 0 Å². The maximum atomic E-state index is 12.4. The third-order valence-electron chi connectivity index (χ3n) is 2.84. The Balaban J connectivity index is 2.23. The molecule has 9 heteroatoms. The zero-order valence-corrected chi connectivity index (χ0v) is 12.2. The van der Waals surface area contributed by atoms with Crippen molar-refractivity contribution in [3.63, 3.8) is 0 Å². The molecule has 0 radical (unpaired) electrons. The van der Waals surface area contributed by atoms with Gasteiger partial charge in [-0.1, -0.05) is 0 Å². The van der Waals surface area contributed by atoms with Crippen LogP contribution < -0.4 is 5.73 Å². The van der Waals surface area contributed by atoms with Crippen molar-refractivity contribution in [2.75, 3.05) is 19.7 Å². The van der Waals surface area contributed by atoms with Crippen molar-refractivity contribution in [1.82, 2.24) is 4.31 Å². The lowest BCUT2D eigenvalue weighted by Crippen LogP contribution is -2.29. The second-order valence-corrected chi connectivity index (χ2v) is 7.09. The zero-order chi connectivity index (χ0) is 14.8. The minimum absolute atomic E-state index is 0.0295. The molecule has 0 spiro atoms. The highest BCUT2D eigenvalue weighted by molar-refractivity contribution is 7.89. The van der Waals surface area contributed by atoms with Gasteiger partial charge in [-0.3, -0.25) is 4.79 Å². The number of primary amides is 1. The van der Waals surface area contributed by atoms with E-state index >= 15 is 0 Å². The molecule has 7 nitrogen and oxygen atoms in total. The molecule has 1 aromatic heterocycles. The number of hydrogen-bond donors (Lipinski definition) is 1.